The van der Waals surface area contributed by atoms with Crippen LogP contribution in [0.5, 0.6) is 0 Å². The fourth-order valence-corrected chi connectivity index (χ4v) is 3.75. The van der Waals surface area contributed by atoms with Crippen molar-refractivity contribution in [3.63, 3.8) is 0 Å². The Labute approximate surface area is 223 Å². The zero-order chi connectivity index (χ0) is 28.4. The van der Waals surface area contributed by atoms with Gasteiger partial charge < -0.3 is 33.5 Å². The molecule has 1 heterocycles. The molecule has 1 fully saturated rings. The molecule has 39 heavy (non-hydrogen) atoms. The Morgan fingerprint density at radius 3 is 1.79 bits per heavy atom. The SMILES string of the molecule is CCO[C@H]1OC(C(=O)OC)C(OC(=O)CCC(=O)O)[C@H](OC(=O)c2ccccc2)[C@@H]1OC(=O)c1ccccc1. The molecule has 12 nitrogen and oxygen atoms in total. The van der Waals surface area contributed by atoms with Crippen molar-refractivity contribution in [3.8, 4) is 0 Å². The van der Waals surface area contributed by atoms with Gasteiger partial charge in [0.15, 0.2) is 30.7 Å². The molecule has 1 N–H and O–H groups in total. The molecule has 12 heteroatoms. The number of rotatable bonds is 11. The van der Waals surface area contributed by atoms with Gasteiger partial charge in [-0.15, -0.1) is 0 Å². The van der Waals surface area contributed by atoms with Gasteiger partial charge in [-0.1, -0.05) is 36.4 Å². The minimum absolute atomic E-state index is 0.0420. The van der Waals surface area contributed by atoms with Crippen LogP contribution >= 0.6 is 0 Å². The summed E-state index contributed by atoms with van der Waals surface area (Å²) in [6.07, 6.45) is -9.02. The Bertz CT molecular complexity index is 1150. The van der Waals surface area contributed by atoms with E-state index in [-0.39, 0.29) is 17.7 Å². The van der Waals surface area contributed by atoms with Crippen LogP contribution in [0.4, 0.5) is 0 Å². The third-order valence-corrected chi connectivity index (χ3v) is 5.58. The van der Waals surface area contributed by atoms with E-state index < -0.39 is 73.4 Å². The average Bonchev–Trinajstić information content (AvgIpc) is 2.95. The Morgan fingerprint density at radius 2 is 1.31 bits per heavy atom. The summed E-state index contributed by atoms with van der Waals surface area (Å²) >= 11 is 0. The Hall–Kier alpha value is -4.29. The standard InChI is InChI=1S/C27H28O12/c1-3-35-27-23(38-25(32)17-12-8-5-9-13-17)21(37-24(31)16-10-6-4-7-11-16)20(22(39-27)26(33)34-2)36-19(30)15-14-18(28)29/h4-13,20-23,27H,3,14-15H2,1-2H3,(H,28,29)/t20?,21-,22?,23-,27-/m0/s1. The second kappa shape index (κ2) is 14.0. The fraction of sp³-hybridized carbons (Fsp3) is 0.370. The molecule has 1 saturated heterocycles. The highest BCUT2D eigenvalue weighted by Gasteiger charge is 2.55. The summed E-state index contributed by atoms with van der Waals surface area (Å²) in [7, 11) is 1.07. The summed E-state index contributed by atoms with van der Waals surface area (Å²) in [5.74, 6) is -4.99. The van der Waals surface area contributed by atoms with Gasteiger partial charge in [-0.3, -0.25) is 9.59 Å². The van der Waals surface area contributed by atoms with E-state index in [4.69, 9.17) is 33.5 Å². The first kappa shape index (κ1) is 29.3. The lowest BCUT2D eigenvalue weighted by Gasteiger charge is -2.43. The zero-order valence-corrected chi connectivity index (χ0v) is 21.2. The number of aliphatic carboxylic acids is 1. The molecule has 5 atom stereocenters. The summed E-state index contributed by atoms with van der Waals surface area (Å²) in [4.78, 5) is 62.3. The van der Waals surface area contributed by atoms with E-state index in [1.165, 1.54) is 24.3 Å². The van der Waals surface area contributed by atoms with E-state index in [0.29, 0.717) is 0 Å². The third-order valence-electron chi connectivity index (χ3n) is 5.58. The number of ether oxygens (including phenoxy) is 6. The van der Waals surface area contributed by atoms with Gasteiger partial charge in [0.05, 0.1) is 31.1 Å². The maximum Gasteiger partial charge on any atom is 0.339 e. The molecule has 0 saturated carbocycles. The van der Waals surface area contributed by atoms with Gasteiger partial charge in [0.1, 0.15) is 0 Å². The summed E-state index contributed by atoms with van der Waals surface area (Å²) < 4.78 is 32.9. The number of hydrogen-bond donors (Lipinski definition) is 1. The predicted molar refractivity (Wildman–Crippen MR) is 130 cm³/mol. The van der Waals surface area contributed by atoms with E-state index in [2.05, 4.69) is 0 Å². The Kier molecular flexibility index (Phi) is 10.5. The van der Waals surface area contributed by atoms with Gasteiger partial charge in [0, 0.05) is 6.61 Å². The fourth-order valence-electron chi connectivity index (χ4n) is 3.75. The molecule has 0 radical (unpaired) electrons. The molecular formula is C27H28O12. The van der Waals surface area contributed by atoms with E-state index in [0.717, 1.165) is 7.11 Å². The van der Waals surface area contributed by atoms with Gasteiger partial charge >= 0.3 is 29.8 Å². The summed E-state index contributed by atoms with van der Waals surface area (Å²) in [6, 6.07) is 15.7. The molecule has 0 amide bonds. The number of carbonyl (C=O) groups is 5. The molecule has 3 rings (SSSR count). The van der Waals surface area contributed by atoms with Gasteiger partial charge in [0.2, 0.25) is 0 Å². The molecule has 0 aliphatic carbocycles. The molecule has 0 bridgehead atoms. The van der Waals surface area contributed by atoms with Crippen LogP contribution < -0.4 is 0 Å². The van der Waals surface area contributed by atoms with Crippen LogP contribution in [0, 0.1) is 0 Å². The molecule has 0 spiro atoms. The Morgan fingerprint density at radius 1 is 0.769 bits per heavy atom. The zero-order valence-electron chi connectivity index (χ0n) is 21.2. The highest BCUT2D eigenvalue weighted by Crippen LogP contribution is 2.31. The number of esters is 4. The van der Waals surface area contributed by atoms with Gasteiger partial charge in [-0.2, -0.15) is 0 Å². The number of carboxylic acids is 1. The number of methoxy groups -OCH3 is 1. The second-order valence-electron chi connectivity index (χ2n) is 8.22. The monoisotopic (exact) mass is 544 g/mol. The van der Waals surface area contributed by atoms with Crippen LogP contribution in [-0.2, 0) is 42.8 Å². The maximum atomic E-state index is 13.1. The summed E-state index contributed by atoms with van der Waals surface area (Å²) in [6.45, 7) is 1.66. The van der Waals surface area contributed by atoms with Crippen molar-refractivity contribution in [2.45, 2.75) is 50.5 Å². The van der Waals surface area contributed by atoms with Crippen molar-refractivity contribution in [2.24, 2.45) is 0 Å². The largest absolute Gasteiger partial charge is 0.481 e. The maximum absolute atomic E-state index is 13.1. The molecule has 2 aromatic rings. The van der Waals surface area contributed by atoms with Gasteiger partial charge in [-0.25, -0.2) is 14.4 Å². The first-order valence-electron chi connectivity index (χ1n) is 12.0. The van der Waals surface area contributed by atoms with E-state index in [1.54, 1.807) is 43.3 Å². The van der Waals surface area contributed by atoms with E-state index in [1.807, 2.05) is 0 Å². The topological polar surface area (TPSA) is 161 Å². The van der Waals surface area contributed by atoms with Crippen LogP contribution in [0.15, 0.2) is 60.7 Å². The van der Waals surface area contributed by atoms with Crippen molar-refractivity contribution >= 4 is 29.8 Å². The van der Waals surface area contributed by atoms with Gasteiger partial charge in [-0.05, 0) is 31.2 Å². The molecule has 1 aliphatic rings. The summed E-state index contributed by atoms with van der Waals surface area (Å²) in [5, 5.41) is 8.94. The van der Waals surface area contributed by atoms with Gasteiger partial charge in [0.25, 0.3) is 0 Å². The second-order valence-corrected chi connectivity index (χ2v) is 8.22. The quantitative estimate of drug-likeness (QED) is 0.325. The lowest BCUT2D eigenvalue weighted by molar-refractivity contribution is -0.294. The summed E-state index contributed by atoms with van der Waals surface area (Å²) in [5.41, 5.74) is 0.279. The first-order valence-corrected chi connectivity index (χ1v) is 12.0. The van der Waals surface area contributed by atoms with E-state index in [9.17, 15) is 24.0 Å². The molecular weight excluding hydrogens is 516 g/mol. The van der Waals surface area contributed by atoms with Crippen molar-refractivity contribution in [2.75, 3.05) is 13.7 Å². The number of carboxylic acid groups (broad SMARTS) is 1. The van der Waals surface area contributed by atoms with Crippen molar-refractivity contribution < 1.29 is 57.5 Å². The highest BCUT2D eigenvalue weighted by atomic mass is 16.7. The van der Waals surface area contributed by atoms with Crippen LogP contribution in [0.3, 0.4) is 0 Å². The molecule has 1 aliphatic heterocycles. The van der Waals surface area contributed by atoms with Crippen LogP contribution in [-0.4, -0.2) is 79.4 Å². The predicted octanol–water partition coefficient (Wildman–Crippen LogP) is 2.15. The van der Waals surface area contributed by atoms with Crippen molar-refractivity contribution in [1.82, 2.24) is 0 Å². The van der Waals surface area contributed by atoms with Crippen LogP contribution in [0.2, 0.25) is 0 Å². The average molecular weight is 545 g/mol. The Balaban J connectivity index is 2.03. The minimum atomic E-state index is -1.68. The first-order chi connectivity index (χ1) is 18.7. The third kappa shape index (κ3) is 7.85. The van der Waals surface area contributed by atoms with Crippen LogP contribution in [0.1, 0.15) is 40.5 Å². The van der Waals surface area contributed by atoms with Crippen LogP contribution in [0.25, 0.3) is 0 Å². The number of hydrogen-bond acceptors (Lipinski definition) is 11. The highest BCUT2D eigenvalue weighted by molar-refractivity contribution is 5.90. The van der Waals surface area contributed by atoms with Crippen molar-refractivity contribution in [1.29, 1.82) is 0 Å². The minimum Gasteiger partial charge on any atom is -0.481 e. The normalized spacial score (nSPS) is 22.3. The smallest absolute Gasteiger partial charge is 0.339 e. The number of carbonyl (C=O) groups excluding carboxylic acids is 4. The molecule has 0 aromatic heterocycles. The molecule has 2 aromatic carbocycles. The molecule has 2 unspecified atom stereocenters. The lowest BCUT2D eigenvalue weighted by Crippen LogP contribution is -2.64. The molecule has 208 valence electrons. The van der Waals surface area contributed by atoms with E-state index >= 15 is 0 Å². The number of benzene rings is 2. The van der Waals surface area contributed by atoms with Crippen molar-refractivity contribution in [3.05, 3.63) is 71.8 Å². The lowest BCUT2D eigenvalue weighted by atomic mass is 9.97.